The molecule has 29 heavy (non-hydrogen) atoms. The van der Waals surface area contributed by atoms with Crippen LogP contribution in [0.15, 0.2) is 54.6 Å². The maximum absolute atomic E-state index is 12.4. The van der Waals surface area contributed by atoms with Gasteiger partial charge in [-0.15, -0.1) is 0 Å². The molecule has 8 heteroatoms. The van der Waals surface area contributed by atoms with Crippen molar-refractivity contribution in [1.29, 1.82) is 0 Å². The number of carbonyl (C=O) groups excluding carboxylic acids is 2. The second kappa shape index (κ2) is 10.7. The fourth-order valence-corrected chi connectivity index (χ4v) is 2.83. The first-order chi connectivity index (χ1) is 13.9. The summed E-state index contributed by atoms with van der Waals surface area (Å²) in [6.07, 6.45) is 0.764. The molecule has 0 heterocycles. The zero-order chi connectivity index (χ0) is 21.2. The van der Waals surface area contributed by atoms with Gasteiger partial charge in [0.25, 0.3) is 0 Å². The minimum absolute atomic E-state index is 0.161. The van der Waals surface area contributed by atoms with Crippen LogP contribution in [0.25, 0.3) is 0 Å². The van der Waals surface area contributed by atoms with Crippen LogP contribution < -0.4 is 21.1 Å². The molecule has 0 aliphatic heterocycles. The molecule has 0 aliphatic rings. The number of amides is 3. The van der Waals surface area contributed by atoms with Crippen LogP contribution in [-0.4, -0.2) is 29.1 Å². The normalized spacial score (nSPS) is 12.4. The minimum Gasteiger partial charge on any atom is -0.480 e. The average Bonchev–Trinajstić information content (AvgIpc) is 2.67. The Morgan fingerprint density at radius 1 is 1.03 bits per heavy atom. The smallest absolute Gasteiger partial charge is 0.326 e. The number of hydrogen-bond donors (Lipinski definition) is 4. The van der Waals surface area contributed by atoms with E-state index in [4.69, 9.17) is 10.5 Å². The van der Waals surface area contributed by atoms with E-state index in [9.17, 15) is 19.5 Å². The van der Waals surface area contributed by atoms with Crippen molar-refractivity contribution in [2.75, 3.05) is 0 Å². The molecule has 5 N–H and O–H groups in total. The SMILES string of the molecule is CCCC(NC(=O)CC(NC(N)=O)c1cccc(Oc2ccccc2)c1)C(=O)O. The van der Waals surface area contributed by atoms with Gasteiger partial charge >= 0.3 is 12.0 Å². The van der Waals surface area contributed by atoms with Gasteiger partial charge < -0.3 is 26.2 Å². The lowest BCUT2D eigenvalue weighted by atomic mass is 10.0. The van der Waals surface area contributed by atoms with Crippen LogP contribution in [0.1, 0.15) is 37.8 Å². The zero-order valence-corrected chi connectivity index (χ0v) is 16.1. The number of aliphatic carboxylic acids is 1. The van der Waals surface area contributed by atoms with Crippen molar-refractivity contribution < 1.29 is 24.2 Å². The number of carboxylic acids is 1. The average molecular weight is 399 g/mol. The lowest BCUT2D eigenvalue weighted by molar-refractivity contribution is -0.142. The number of para-hydroxylation sites is 1. The molecule has 2 aromatic carbocycles. The summed E-state index contributed by atoms with van der Waals surface area (Å²) in [6.45, 7) is 1.83. The summed E-state index contributed by atoms with van der Waals surface area (Å²) < 4.78 is 5.78. The number of ether oxygens (including phenoxy) is 1. The highest BCUT2D eigenvalue weighted by atomic mass is 16.5. The molecule has 0 radical (unpaired) electrons. The van der Waals surface area contributed by atoms with Crippen molar-refractivity contribution in [3.8, 4) is 11.5 Å². The number of nitrogens with one attached hydrogen (secondary N) is 2. The Morgan fingerprint density at radius 3 is 2.34 bits per heavy atom. The van der Waals surface area contributed by atoms with Crippen LogP contribution in [0, 0.1) is 0 Å². The Bertz CT molecular complexity index is 841. The molecule has 3 amide bonds. The third-order valence-electron chi connectivity index (χ3n) is 4.16. The van der Waals surface area contributed by atoms with Gasteiger partial charge in [0.1, 0.15) is 17.5 Å². The van der Waals surface area contributed by atoms with Gasteiger partial charge in [-0.05, 0) is 36.2 Å². The van der Waals surface area contributed by atoms with E-state index >= 15 is 0 Å². The van der Waals surface area contributed by atoms with E-state index in [0.29, 0.717) is 29.9 Å². The molecule has 0 spiro atoms. The highest BCUT2D eigenvalue weighted by Crippen LogP contribution is 2.26. The molecule has 2 atom stereocenters. The van der Waals surface area contributed by atoms with Crippen LogP contribution in [-0.2, 0) is 9.59 Å². The first-order valence-corrected chi connectivity index (χ1v) is 9.30. The van der Waals surface area contributed by atoms with E-state index in [2.05, 4.69) is 10.6 Å². The van der Waals surface area contributed by atoms with Crippen LogP contribution >= 0.6 is 0 Å². The highest BCUT2D eigenvalue weighted by Gasteiger charge is 2.23. The van der Waals surface area contributed by atoms with Crippen molar-refractivity contribution in [3.05, 3.63) is 60.2 Å². The van der Waals surface area contributed by atoms with Crippen molar-refractivity contribution in [1.82, 2.24) is 10.6 Å². The van der Waals surface area contributed by atoms with Crippen LogP contribution in [0.4, 0.5) is 4.79 Å². The second-order valence-electron chi connectivity index (χ2n) is 6.50. The number of carbonyl (C=O) groups is 3. The first kappa shape index (κ1) is 21.7. The zero-order valence-electron chi connectivity index (χ0n) is 16.1. The lowest BCUT2D eigenvalue weighted by Gasteiger charge is -2.20. The molecule has 2 unspecified atom stereocenters. The monoisotopic (exact) mass is 399 g/mol. The van der Waals surface area contributed by atoms with E-state index < -0.39 is 30.0 Å². The number of primary amides is 1. The van der Waals surface area contributed by atoms with Gasteiger partial charge in [-0.25, -0.2) is 9.59 Å². The molecule has 0 bridgehead atoms. The van der Waals surface area contributed by atoms with Crippen LogP contribution in [0.5, 0.6) is 11.5 Å². The van der Waals surface area contributed by atoms with E-state index in [-0.39, 0.29) is 6.42 Å². The van der Waals surface area contributed by atoms with Crippen LogP contribution in [0.2, 0.25) is 0 Å². The van der Waals surface area contributed by atoms with Crippen LogP contribution in [0.3, 0.4) is 0 Å². The number of carboxylic acid groups (broad SMARTS) is 1. The summed E-state index contributed by atoms with van der Waals surface area (Å²) in [5.41, 5.74) is 5.86. The third-order valence-corrected chi connectivity index (χ3v) is 4.16. The largest absolute Gasteiger partial charge is 0.480 e. The Labute approximate surface area is 169 Å². The molecule has 0 aliphatic carbocycles. The molecular weight excluding hydrogens is 374 g/mol. The van der Waals surface area contributed by atoms with Gasteiger partial charge in [-0.3, -0.25) is 4.79 Å². The summed E-state index contributed by atoms with van der Waals surface area (Å²) in [6, 6.07) is 13.6. The molecule has 0 aromatic heterocycles. The summed E-state index contributed by atoms with van der Waals surface area (Å²) in [4.78, 5) is 35.1. The van der Waals surface area contributed by atoms with Gasteiger partial charge in [-0.2, -0.15) is 0 Å². The highest BCUT2D eigenvalue weighted by molar-refractivity contribution is 5.84. The molecule has 0 saturated heterocycles. The Kier molecular flexibility index (Phi) is 8.02. The Balaban J connectivity index is 2.15. The van der Waals surface area contributed by atoms with Crippen molar-refractivity contribution in [3.63, 3.8) is 0 Å². The number of hydrogen-bond acceptors (Lipinski definition) is 4. The standard InChI is InChI=1S/C21H25N3O5/c1-2-7-17(20(26)27)23-19(25)13-18(24-21(22)28)14-8-6-11-16(12-14)29-15-9-4-3-5-10-15/h3-6,8-12,17-18H,2,7,13H2,1H3,(H,23,25)(H,26,27)(H3,22,24,28). The van der Waals surface area contributed by atoms with E-state index in [0.717, 1.165) is 0 Å². The lowest BCUT2D eigenvalue weighted by Crippen LogP contribution is -2.43. The fraction of sp³-hybridized carbons (Fsp3) is 0.286. The summed E-state index contributed by atoms with van der Waals surface area (Å²) in [7, 11) is 0. The minimum atomic E-state index is -1.10. The summed E-state index contributed by atoms with van der Waals surface area (Å²) in [5, 5.41) is 14.2. The van der Waals surface area contributed by atoms with E-state index in [1.165, 1.54) is 0 Å². The van der Waals surface area contributed by atoms with Gasteiger partial charge in [0.05, 0.1) is 12.5 Å². The predicted octanol–water partition coefficient (Wildman–Crippen LogP) is 2.95. The number of urea groups is 1. The quantitative estimate of drug-likeness (QED) is 0.488. The Hall–Kier alpha value is -3.55. The molecule has 0 fully saturated rings. The maximum atomic E-state index is 12.4. The van der Waals surface area contributed by atoms with Crippen molar-refractivity contribution in [2.45, 2.75) is 38.3 Å². The molecule has 0 saturated carbocycles. The Morgan fingerprint density at radius 2 is 1.72 bits per heavy atom. The maximum Gasteiger partial charge on any atom is 0.326 e. The van der Waals surface area contributed by atoms with Gasteiger partial charge in [0, 0.05) is 0 Å². The number of benzene rings is 2. The van der Waals surface area contributed by atoms with Gasteiger partial charge in [0.2, 0.25) is 5.91 Å². The second-order valence-corrected chi connectivity index (χ2v) is 6.50. The van der Waals surface area contributed by atoms with Crippen molar-refractivity contribution >= 4 is 17.9 Å². The molecule has 2 aromatic rings. The van der Waals surface area contributed by atoms with Crippen molar-refractivity contribution in [2.24, 2.45) is 5.73 Å². The first-order valence-electron chi connectivity index (χ1n) is 9.30. The fourth-order valence-electron chi connectivity index (χ4n) is 2.83. The summed E-state index contributed by atoms with van der Waals surface area (Å²) in [5.74, 6) is -0.428. The third kappa shape index (κ3) is 7.17. The van der Waals surface area contributed by atoms with E-state index in [1.807, 2.05) is 25.1 Å². The molecule has 8 nitrogen and oxygen atoms in total. The number of nitrogens with two attached hydrogens (primary N) is 1. The summed E-state index contributed by atoms with van der Waals surface area (Å²) >= 11 is 0. The molecule has 154 valence electrons. The van der Waals surface area contributed by atoms with Gasteiger partial charge in [-0.1, -0.05) is 43.7 Å². The van der Waals surface area contributed by atoms with E-state index in [1.54, 1.807) is 36.4 Å². The molecule has 2 rings (SSSR count). The van der Waals surface area contributed by atoms with Gasteiger partial charge in [0.15, 0.2) is 0 Å². The predicted molar refractivity (Wildman–Crippen MR) is 108 cm³/mol. The number of rotatable bonds is 10. The topological polar surface area (TPSA) is 131 Å². The molecular formula is C21H25N3O5.